The molecule has 2 bridgehead atoms. The molecule has 21 heavy (non-hydrogen) atoms. The van der Waals surface area contributed by atoms with Gasteiger partial charge < -0.3 is 0 Å². The SMILES string of the molecule is C[C@@H](c1ccccc1)N1[C@H]2C=C[C@H](C2)[C@@H]1c1ccccn1. The Morgan fingerprint density at radius 3 is 2.62 bits per heavy atom. The Morgan fingerprint density at radius 1 is 1.05 bits per heavy atom. The highest BCUT2D eigenvalue weighted by molar-refractivity contribution is 5.27. The average Bonchev–Trinajstić information content (AvgIpc) is 3.17. The number of pyridine rings is 1. The Balaban J connectivity index is 1.71. The number of benzene rings is 1. The van der Waals surface area contributed by atoms with Crippen molar-refractivity contribution < 1.29 is 0 Å². The lowest BCUT2D eigenvalue weighted by Gasteiger charge is -2.37. The van der Waals surface area contributed by atoms with Crippen LogP contribution in [-0.2, 0) is 0 Å². The van der Waals surface area contributed by atoms with Crippen molar-refractivity contribution in [2.24, 2.45) is 5.92 Å². The summed E-state index contributed by atoms with van der Waals surface area (Å²) in [6.45, 7) is 2.32. The molecule has 1 fully saturated rings. The number of aromatic nitrogens is 1. The maximum Gasteiger partial charge on any atom is 0.0595 e. The smallest absolute Gasteiger partial charge is 0.0595 e. The zero-order chi connectivity index (χ0) is 14.2. The van der Waals surface area contributed by atoms with Crippen LogP contribution in [-0.4, -0.2) is 15.9 Å². The fraction of sp³-hybridized carbons (Fsp3) is 0.316. The van der Waals surface area contributed by atoms with Gasteiger partial charge in [-0.05, 0) is 37.0 Å². The van der Waals surface area contributed by atoms with E-state index in [0.717, 1.165) is 0 Å². The van der Waals surface area contributed by atoms with Crippen molar-refractivity contribution in [3.63, 3.8) is 0 Å². The van der Waals surface area contributed by atoms with Crippen LogP contribution in [0.3, 0.4) is 0 Å². The van der Waals surface area contributed by atoms with Crippen molar-refractivity contribution in [1.29, 1.82) is 0 Å². The summed E-state index contributed by atoms with van der Waals surface area (Å²) in [4.78, 5) is 7.27. The number of hydrogen-bond donors (Lipinski definition) is 0. The second kappa shape index (κ2) is 5.12. The van der Waals surface area contributed by atoms with Crippen molar-refractivity contribution in [2.45, 2.75) is 31.5 Å². The molecule has 2 aliphatic rings. The predicted molar refractivity (Wildman–Crippen MR) is 84.7 cm³/mol. The predicted octanol–water partition coefficient (Wildman–Crippen LogP) is 4.14. The number of hydrogen-bond acceptors (Lipinski definition) is 2. The minimum Gasteiger partial charge on any atom is -0.281 e. The first-order chi connectivity index (χ1) is 10.3. The fourth-order valence-corrected chi connectivity index (χ4v) is 3.94. The van der Waals surface area contributed by atoms with Crippen molar-refractivity contribution in [2.75, 3.05) is 0 Å². The van der Waals surface area contributed by atoms with Gasteiger partial charge in [0.05, 0.1) is 11.7 Å². The van der Waals surface area contributed by atoms with Crippen LogP contribution < -0.4 is 0 Å². The second-order valence-electron chi connectivity index (χ2n) is 6.09. The quantitative estimate of drug-likeness (QED) is 0.783. The van der Waals surface area contributed by atoms with Gasteiger partial charge in [-0.25, -0.2) is 0 Å². The van der Waals surface area contributed by atoms with Gasteiger partial charge in [0.15, 0.2) is 0 Å². The van der Waals surface area contributed by atoms with E-state index in [9.17, 15) is 0 Å². The van der Waals surface area contributed by atoms with Crippen molar-refractivity contribution >= 4 is 0 Å². The molecule has 0 spiro atoms. The first-order valence-electron chi connectivity index (χ1n) is 7.76. The van der Waals surface area contributed by atoms with Gasteiger partial charge in [0, 0.05) is 18.3 Å². The third-order valence-corrected chi connectivity index (χ3v) is 4.92. The van der Waals surface area contributed by atoms with E-state index < -0.39 is 0 Å². The Hall–Kier alpha value is -1.93. The van der Waals surface area contributed by atoms with Gasteiger partial charge >= 0.3 is 0 Å². The number of rotatable bonds is 3. The molecular formula is C19H20N2. The van der Waals surface area contributed by atoms with Crippen LogP contribution in [0.5, 0.6) is 0 Å². The molecule has 2 aromatic rings. The van der Waals surface area contributed by atoms with Crippen molar-refractivity contribution in [3.8, 4) is 0 Å². The van der Waals surface area contributed by atoms with Crippen molar-refractivity contribution in [3.05, 3.63) is 78.1 Å². The molecule has 2 nitrogen and oxygen atoms in total. The standard InChI is InChI=1S/C19H20N2/c1-14(15-7-3-2-4-8-15)21-17-11-10-16(13-17)19(21)18-9-5-6-12-20-18/h2-12,14,16-17,19H,13H2,1H3/t14-,16+,17-,19+/m0/s1. The molecule has 1 aromatic heterocycles. The van der Waals surface area contributed by atoms with Crippen LogP contribution in [0.4, 0.5) is 0 Å². The van der Waals surface area contributed by atoms with Gasteiger partial charge in [-0.15, -0.1) is 0 Å². The van der Waals surface area contributed by atoms with E-state index in [1.54, 1.807) is 0 Å². The van der Waals surface area contributed by atoms with Gasteiger partial charge in [0.1, 0.15) is 0 Å². The highest BCUT2D eigenvalue weighted by atomic mass is 15.3. The molecule has 0 amide bonds. The molecule has 2 heterocycles. The third kappa shape index (κ3) is 2.11. The minimum absolute atomic E-state index is 0.413. The molecule has 1 saturated heterocycles. The molecule has 0 saturated carbocycles. The third-order valence-electron chi connectivity index (χ3n) is 4.92. The molecule has 4 rings (SSSR count). The first kappa shape index (κ1) is 12.8. The Morgan fingerprint density at radius 2 is 1.86 bits per heavy atom. The molecule has 1 aliphatic carbocycles. The lowest BCUT2D eigenvalue weighted by Crippen LogP contribution is -2.35. The van der Waals surface area contributed by atoms with E-state index in [1.165, 1.54) is 17.7 Å². The maximum atomic E-state index is 4.63. The highest BCUT2D eigenvalue weighted by Crippen LogP contribution is 2.49. The van der Waals surface area contributed by atoms with E-state index in [-0.39, 0.29) is 0 Å². The Bertz CT molecular complexity index is 635. The lowest BCUT2D eigenvalue weighted by molar-refractivity contribution is 0.142. The molecule has 0 unspecified atom stereocenters. The number of fused-ring (bicyclic) bond motifs is 2. The van der Waals surface area contributed by atoms with Gasteiger partial charge in [-0.2, -0.15) is 0 Å². The van der Waals surface area contributed by atoms with Gasteiger partial charge in [-0.3, -0.25) is 9.88 Å². The van der Waals surface area contributed by atoms with Gasteiger partial charge in [-0.1, -0.05) is 48.6 Å². The zero-order valence-corrected chi connectivity index (χ0v) is 12.3. The fourth-order valence-electron chi connectivity index (χ4n) is 3.94. The molecular weight excluding hydrogens is 256 g/mol. The molecule has 2 heteroatoms. The van der Waals surface area contributed by atoms with Crippen LogP contribution >= 0.6 is 0 Å². The summed E-state index contributed by atoms with van der Waals surface area (Å²) in [6.07, 6.45) is 7.91. The first-order valence-corrected chi connectivity index (χ1v) is 7.76. The normalized spacial score (nSPS) is 28.9. The van der Waals surface area contributed by atoms with Crippen LogP contribution in [0, 0.1) is 5.92 Å². The molecule has 4 atom stereocenters. The summed E-state index contributed by atoms with van der Waals surface area (Å²) in [5.41, 5.74) is 2.59. The number of likely N-dealkylation sites (tertiary alicyclic amines) is 1. The molecule has 0 N–H and O–H groups in total. The van der Waals surface area contributed by atoms with Crippen LogP contribution in [0.2, 0.25) is 0 Å². The zero-order valence-electron chi connectivity index (χ0n) is 12.3. The van der Waals surface area contributed by atoms with E-state index in [2.05, 4.69) is 71.4 Å². The average molecular weight is 276 g/mol. The van der Waals surface area contributed by atoms with Crippen LogP contribution in [0.25, 0.3) is 0 Å². The van der Waals surface area contributed by atoms with E-state index in [4.69, 9.17) is 0 Å². The maximum absolute atomic E-state index is 4.63. The molecule has 0 radical (unpaired) electrons. The van der Waals surface area contributed by atoms with E-state index in [1.807, 2.05) is 12.3 Å². The summed E-state index contributed by atoms with van der Waals surface area (Å²) in [6, 6.07) is 18.5. The summed E-state index contributed by atoms with van der Waals surface area (Å²) < 4.78 is 0. The van der Waals surface area contributed by atoms with Gasteiger partial charge in [0.25, 0.3) is 0 Å². The molecule has 1 aliphatic heterocycles. The van der Waals surface area contributed by atoms with Crippen LogP contribution in [0.15, 0.2) is 66.9 Å². The largest absolute Gasteiger partial charge is 0.281 e. The summed E-state index contributed by atoms with van der Waals surface area (Å²) in [7, 11) is 0. The lowest BCUT2D eigenvalue weighted by atomic mass is 9.96. The monoisotopic (exact) mass is 276 g/mol. The van der Waals surface area contributed by atoms with E-state index in [0.29, 0.717) is 24.0 Å². The summed E-state index contributed by atoms with van der Waals surface area (Å²) in [5.74, 6) is 0.607. The second-order valence-corrected chi connectivity index (χ2v) is 6.09. The Labute approximate surface area is 126 Å². The summed E-state index contributed by atoms with van der Waals surface area (Å²) >= 11 is 0. The van der Waals surface area contributed by atoms with Crippen LogP contribution in [0.1, 0.15) is 36.7 Å². The molecule has 106 valence electrons. The highest BCUT2D eigenvalue weighted by Gasteiger charge is 2.45. The summed E-state index contributed by atoms with van der Waals surface area (Å²) in [5, 5.41) is 0. The Kier molecular flexibility index (Phi) is 3.12. The van der Waals surface area contributed by atoms with E-state index >= 15 is 0 Å². The van der Waals surface area contributed by atoms with Gasteiger partial charge in [0.2, 0.25) is 0 Å². The van der Waals surface area contributed by atoms with Crippen molar-refractivity contribution in [1.82, 2.24) is 9.88 Å². The molecule has 1 aromatic carbocycles. The number of nitrogens with zero attached hydrogens (tertiary/aromatic N) is 2. The minimum atomic E-state index is 0.413. The topological polar surface area (TPSA) is 16.1 Å².